The zero-order valence-corrected chi connectivity index (χ0v) is 18.8. The van der Waals surface area contributed by atoms with Crippen LogP contribution in [-0.4, -0.2) is 66.4 Å². The van der Waals surface area contributed by atoms with E-state index < -0.39 is 25.6 Å². The normalized spacial score (nSPS) is 21.2. The van der Waals surface area contributed by atoms with Gasteiger partial charge in [0.05, 0.1) is 25.4 Å². The number of aliphatic carboxylic acids is 1. The molecule has 0 saturated carbocycles. The second-order valence-corrected chi connectivity index (χ2v) is 9.61. The summed E-state index contributed by atoms with van der Waals surface area (Å²) >= 11 is 0. The van der Waals surface area contributed by atoms with Crippen molar-refractivity contribution >= 4 is 19.5 Å². The molecule has 8 nitrogen and oxygen atoms in total. The van der Waals surface area contributed by atoms with Crippen LogP contribution in [-0.2, 0) is 23.2 Å². The molecule has 9 heteroatoms. The van der Waals surface area contributed by atoms with Crippen molar-refractivity contribution < 1.29 is 28.3 Å². The minimum absolute atomic E-state index is 0.183. The molecule has 0 aliphatic carbocycles. The van der Waals surface area contributed by atoms with E-state index in [9.17, 15) is 14.2 Å². The zero-order valence-electron chi connectivity index (χ0n) is 18.0. The van der Waals surface area contributed by atoms with Crippen LogP contribution in [0.4, 0.5) is 0 Å². The van der Waals surface area contributed by atoms with Crippen molar-refractivity contribution in [1.82, 2.24) is 10.2 Å². The number of piperidine rings is 1. The Morgan fingerprint density at radius 2 is 1.87 bits per heavy atom. The Labute approximate surface area is 178 Å². The van der Waals surface area contributed by atoms with E-state index >= 15 is 0 Å². The van der Waals surface area contributed by atoms with Crippen molar-refractivity contribution in [3.05, 3.63) is 35.9 Å². The van der Waals surface area contributed by atoms with E-state index in [1.54, 1.807) is 13.8 Å². The third kappa shape index (κ3) is 6.91. The Hall–Kier alpha value is -1.73. The van der Waals surface area contributed by atoms with Gasteiger partial charge in [0.25, 0.3) is 0 Å². The van der Waals surface area contributed by atoms with E-state index in [0.29, 0.717) is 19.5 Å². The fourth-order valence-electron chi connectivity index (χ4n) is 3.76. The molecule has 1 fully saturated rings. The first-order chi connectivity index (χ1) is 14.3. The van der Waals surface area contributed by atoms with Crippen molar-refractivity contribution in [2.45, 2.75) is 51.6 Å². The molecule has 0 bridgehead atoms. The topological polar surface area (TPSA) is 105 Å². The number of likely N-dealkylation sites (tertiary alicyclic amines) is 1. The van der Waals surface area contributed by atoms with Crippen molar-refractivity contribution in [2.75, 3.05) is 32.5 Å². The average Bonchev–Trinajstić information content (AvgIpc) is 2.73. The molecule has 1 aliphatic rings. The summed E-state index contributed by atoms with van der Waals surface area (Å²) in [6, 6.07) is 8.52. The molecule has 0 aromatic heterocycles. The molecule has 30 heavy (non-hydrogen) atoms. The summed E-state index contributed by atoms with van der Waals surface area (Å²) in [5, 5.41) is 11.7. The predicted molar refractivity (Wildman–Crippen MR) is 115 cm³/mol. The number of nitrogens with one attached hydrogen (secondary N) is 1. The summed E-state index contributed by atoms with van der Waals surface area (Å²) in [6.45, 7) is 6.55. The molecule has 0 spiro atoms. The third-order valence-electron chi connectivity index (χ3n) is 5.33. The molecule has 3 atom stereocenters. The van der Waals surface area contributed by atoms with Gasteiger partial charge in [0.1, 0.15) is 6.04 Å². The number of hydrogen-bond donors (Lipinski definition) is 2. The van der Waals surface area contributed by atoms with Gasteiger partial charge in [0.2, 0.25) is 5.91 Å². The molecule has 1 saturated heterocycles. The Bertz CT molecular complexity index is 734. The van der Waals surface area contributed by atoms with Crippen molar-refractivity contribution in [1.29, 1.82) is 0 Å². The summed E-state index contributed by atoms with van der Waals surface area (Å²) in [5.74, 6) is -1.21. The van der Waals surface area contributed by atoms with Gasteiger partial charge in [-0.05, 0) is 51.6 Å². The van der Waals surface area contributed by atoms with Crippen LogP contribution in [0.5, 0.6) is 0 Å². The van der Waals surface area contributed by atoms with Crippen molar-refractivity contribution in [3.8, 4) is 0 Å². The van der Waals surface area contributed by atoms with Gasteiger partial charge in [-0.15, -0.1) is 0 Å². The zero-order chi connectivity index (χ0) is 22.1. The lowest BCUT2D eigenvalue weighted by Crippen LogP contribution is -2.54. The fourth-order valence-corrected chi connectivity index (χ4v) is 5.39. The van der Waals surface area contributed by atoms with Crippen LogP contribution in [0.3, 0.4) is 0 Å². The quantitative estimate of drug-likeness (QED) is 0.510. The second kappa shape index (κ2) is 11.6. The lowest BCUT2D eigenvalue weighted by Gasteiger charge is -2.39. The van der Waals surface area contributed by atoms with Crippen LogP contribution in [0, 0.1) is 0 Å². The maximum Gasteiger partial charge on any atom is 0.331 e. The highest BCUT2D eigenvalue weighted by atomic mass is 31.2. The number of hydrogen-bond acceptors (Lipinski definition) is 6. The molecule has 168 valence electrons. The van der Waals surface area contributed by atoms with Crippen LogP contribution in [0.2, 0.25) is 0 Å². The highest BCUT2D eigenvalue weighted by Gasteiger charge is 2.36. The molecule has 1 aromatic carbocycles. The molecule has 1 aromatic rings. The molecular formula is C21H33N2O6P. The van der Waals surface area contributed by atoms with Gasteiger partial charge in [-0.2, -0.15) is 0 Å². The first-order valence-electron chi connectivity index (χ1n) is 10.5. The van der Waals surface area contributed by atoms with Gasteiger partial charge in [-0.25, -0.2) is 0 Å². The second-order valence-electron chi connectivity index (χ2n) is 7.42. The van der Waals surface area contributed by atoms with Gasteiger partial charge < -0.3 is 19.5 Å². The molecular weight excluding hydrogens is 407 g/mol. The number of benzene rings is 1. The minimum Gasteiger partial charge on any atom is -0.480 e. The van der Waals surface area contributed by atoms with Gasteiger partial charge >= 0.3 is 13.6 Å². The highest BCUT2D eigenvalue weighted by Crippen LogP contribution is 2.48. The molecule has 1 heterocycles. The van der Waals surface area contributed by atoms with Gasteiger partial charge in [0, 0.05) is 6.54 Å². The lowest BCUT2D eigenvalue weighted by molar-refractivity contribution is -0.142. The molecule has 2 N–H and O–H groups in total. The Balaban J connectivity index is 2.14. The Kier molecular flexibility index (Phi) is 9.49. The van der Waals surface area contributed by atoms with Gasteiger partial charge in [-0.3, -0.25) is 19.1 Å². The molecule has 1 amide bonds. The smallest absolute Gasteiger partial charge is 0.331 e. The molecule has 0 radical (unpaired) electrons. The summed E-state index contributed by atoms with van der Waals surface area (Å²) in [7, 11) is -3.23. The largest absolute Gasteiger partial charge is 0.480 e. The number of nitrogens with zero attached hydrogens (tertiary/aromatic N) is 1. The number of carbonyl (C=O) groups is 2. The van der Waals surface area contributed by atoms with Crippen LogP contribution in [0.25, 0.3) is 0 Å². The number of rotatable bonds is 11. The summed E-state index contributed by atoms with van der Waals surface area (Å²) in [5.41, 5.74) is 1.16. The molecule has 1 aliphatic heterocycles. The monoisotopic (exact) mass is 440 g/mol. The van der Waals surface area contributed by atoms with Crippen LogP contribution >= 0.6 is 7.60 Å². The first kappa shape index (κ1) is 24.5. The van der Waals surface area contributed by atoms with E-state index in [-0.39, 0.29) is 31.2 Å². The number of amides is 1. The summed E-state index contributed by atoms with van der Waals surface area (Å²) in [4.78, 5) is 26.1. The standard InChI is InChI=1S/C21H33N2O6P/c1-4-28-30(27,29-5-2)14-13-23-12-11-18(17-9-7-6-8-10-17)15-19(23)20(24)22-16(3)21(25)26/h6-10,16,18-19H,4-5,11-15H2,1-3H3,(H,22,24)(H,25,26)/t16?,18-,19+/m0/s1. The third-order valence-corrected chi connectivity index (χ3v) is 7.38. The predicted octanol–water partition coefficient (Wildman–Crippen LogP) is 3.09. The first-order valence-corrected chi connectivity index (χ1v) is 12.2. The molecule has 1 unspecified atom stereocenters. The highest BCUT2D eigenvalue weighted by molar-refractivity contribution is 7.53. The summed E-state index contributed by atoms with van der Waals surface area (Å²) < 4.78 is 23.6. The fraction of sp³-hybridized carbons (Fsp3) is 0.619. The lowest BCUT2D eigenvalue weighted by atomic mass is 9.85. The van der Waals surface area contributed by atoms with Crippen LogP contribution in [0.15, 0.2) is 30.3 Å². The minimum atomic E-state index is -3.23. The van der Waals surface area contributed by atoms with Gasteiger partial charge in [0.15, 0.2) is 0 Å². The maximum atomic E-state index is 12.9. The van der Waals surface area contributed by atoms with Gasteiger partial charge in [-0.1, -0.05) is 30.3 Å². The van der Waals surface area contributed by atoms with E-state index in [0.717, 1.165) is 12.0 Å². The number of carboxylic acid groups (broad SMARTS) is 1. The number of carboxylic acids is 1. The SMILES string of the molecule is CCOP(=O)(CCN1CC[C@H](c2ccccc2)C[C@@H]1C(=O)NC(C)C(=O)O)OCC. The van der Waals surface area contributed by atoms with E-state index in [4.69, 9.17) is 14.2 Å². The number of carbonyl (C=O) groups excluding carboxylic acids is 1. The maximum absolute atomic E-state index is 12.9. The Morgan fingerprint density at radius 1 is 1.23 bits per heavy atom. The summed E-state index contributed by atoms with van der Waals surface area (Å²) in [6.07, 6.45) is 1.61. The van der Waals surface area contributed by atoms with E-state index in [1.165, 1.54) is 6.92 Å². The van der Waals surface area contributed by atoms with Crippen LogP contribution in [0.1, 0.15) is 45.1 Å². The molecule has 2 rings (SSSR count). The van der Waals surface area contributed by atoms with E-state index in [2.05, 4.69) is 5.32 Å². The van der Waals surface area contributed by atoms with Crippen LogP contribution < -0.4 is 5.32 Å². The van der Waals surface area contributed by atoms with E-state index in [1.807, 2.05) is 35.2 Å². The van der Waals surface area contributed by atoms with Crippen molar-refractivity contribution in [2.24, 2.45) is 0 Å². The van der Waals surface area contributed by atoms with Crippen molar-refractivity contribution in [3.63, 3.8) is 0 Å². The average molecular weight is 440 g/mol. The Morgan fingerprint density at radius 3 is 2.43 bits per heavy atom.